The van der Waals surface area contributed by atoms with E-state index < -0.39 is 11.1 Å². The first-order chi connectivity index (χ1) is 5.24. The molecule has 0 amide bonds. The Kier molecular flexibility index (Phi) is 6.77. The summed E-state index contributed by atoms with van der Waals surface area (Å²) in [5, 5.41) is 0. The Morgan fingerprint density at radius 1 is 1.67 bits per heavy atom. The summed E-state index contributed by atoms with van der Waals surface area (Å²) in [7, 11) is 0. The summed E-state index contributed by atoms with van der Waals surface area (Å²) in [6.45, 7) is 3.62. The van der Waals surface area contributed by atoms with Gasteiger partial charge in [0, 0.05) is 5.75 Å². The van der Waals surface area contributed by atoms with Crippen LogP contribution in [-0.4, -0.2) is 14.5 Å². The van der Waals surface area contributed by atoms with Crippen molar-refractivity contribution in [1.82, 2.24) is 0 Å². The van der Waals surface area contributed by atoms with E-state index in [-0.39, 0.29) is 29.6 Å². The number of rotatable bonds is 5. The largest absolute Gasteiger partial charge is 1.00 e. The SMILES string of the molecule is C=CC[C@H](CS(=O)[O-])C1CC1.[Na+]. The van der Waals surface area contributed by atoms with Crippen molar-refractivity contribution in [2.75, 3.05) is 5.75 Å². The van der Waals surface area contributed by atoms with Gasteiger partial charge in [0.05, 0.1) is 0 Å². The van der Waals surface area contributed by atoms with Crippen LogP contribution in [0.4, 0.5) is 0 Å². The van der Waals surface area contributed by atoms with E-state index in [1.807, 2.05) is 6.08 Å². The maximum absolute atomic E-state index is 10.4. The molecular weight excluding hydrogens is 183 g/mol. The first kappa shape index (κ1) is 12.8. The van der Waals surface area contributed by atoms with E-state index in [0.29, 0.717) is 17.6 Å². The van der Waals surface area contributed by atoms with Gasteiger partial charge in [-0.2, -0.15) is 0 Å². The minimum atomic E-state index is -1.88. The van der Waals surface area contributed by atoms with Gasteiger partial charge in [-0.1, -0.05) is 17.2 Å². The molecule has 1 aliphatic carbocycles. The smallest absolute Gasteiger partial charge is 0.772 e. The molecule has 0 heterocycles. The van der Waals surface area contributed by atoms with Crippen LogP contribution in [0.3, 0.4) is 0 Å². The van der Waals surface area contributed by atoms with Crippen molar-refractivity contribution in [3.8, 4) is 0 Å². The van der Waals surface area contributed by atoms with Crippen molar-refractivity contribution < 1.29 is 38.3 Å². The van der Waals surface area contributed by atoms with Gasteiger partial charge in [-0.3, -0.25) is 4.21 Å². The second-order valence-corrected chi connectivity index (χ2v) is 4.03. The molecule has 0 N–H and O–H groups in total. The van der Waals surface area contributed by atoms with Crippen molar-refractivity contribution in [2.24, 2.45) is 11.8 Å². The van der Waals surface area contributed by atoms with Crippen molar-refractivity contribution in [3.05, 3.63) is 12.7 Å². The predicted molar refractivity (Wildman–Crippen MR) is 44.8 cm³/mol. The summed E-state index contributed by atoms with van der Waals surface area (Å²) in [5.74, 6) is 1.31. The third-order valence-corrected chi connectivity index (χ3v) is 2.81. The van der Waals surface area contributed by atoms with Crippen molar-refractivity contribution in [2.45, 2.75) is 19.3 Å². The van der Waals surface area contributed by atoms with Crippen LogP contribution >= 0.6 is 0 Å². The molecule has 1 aliphatic rings. The second-order valence-electron chi connectivity index (χ2n) is 3.09. The Morgan fingerprint density at radius 2 is 2.25 bits per heavy atom. The minimum absolute atomic E-state index is 0. The van der Waals surface area contributed by atoms with Gasteiger partial charge in [0.1, 0.15) is 0 Å². The Balaban J connectivity index is 0.00000121. The van der Waals surface area contributed by atoms with Crippen LogP contribution in [0.1, 0.15) is 19.3 Å². The molecule has 1 unspecified atom stereocenters. The maximum atomic E-state index is 10.4. The molecule has 1 fully saturated rings. The van der Waals surface area contributed by atoms with Gasteiger partial charge in [-0.05, 0) is 31.1 Å². The van der Waals surface area contributed by atoms with Crippen LogP contribution in [0.15, 0.2) is 12.7 Å². The average Bonchev–Trinajstić information content (AvgIpc) is 2.66. The maximum Gasteiger partial charge on any atom is 1.00 e. The molecule has 12 heavy (non-hydrogen) atoms. The standard InChI is InChI=1S/C8H14O2S.Na/c1-2-3-8(6-11(9)10)7-4-5-7;/h2,7-8H,1,3-6H2,(H,9,10);/q;+1/p-1/t8-;/m1./s1. The zero-order valence-electron chi connectivity index (χ0n) is 7.49. The Hall–Kier alpha value is 0.850. The fourth-order valence-electron chi connectivity index (χ4n) is 1.35. The van der Waals surface area contributed by atoms with Gasteiger partial charge in [0.15, 0.2) is 0 Å². The summed E-state index contributed by atoms with van der Waals surface area (Å²) >= 11 is -1.88. The van der Waals surface area contributed by atoms with Gasteiger partial charge in [0.2, 0.25) is 0 Å². The fourth-order valence-corrected chi connectivity index (χ4v) is 2.11. The van der Waals surface area contributed by atoms with Crippen LogP contribution in [0.2, 0.25) is 0 Å². The second kappa shape index (κ2) is 6.33. The molecule has 0 aromatic carbocycles. The predicted octanol–water partition coefficient (Wildman–Crippen LogP) is -1.53. The summed E-state index contributed by atoms with van der Waals surface area (Å²) in [6, 6.07) is 0. The fraction of sp³-hybridized carbons (Fsp3) is 0.750. The summed E-state index contributed by atoms with van der Waals surface area (Å²) < 4.78 is 20.8. The molecule has 0 radical (unpaired) electrons. The average molecular weight is 196 g/mol. The molecule has 4 heteroatoms. The zero-order chi connectivity index (χ0) is 8.27. The molecule has 1 saturated carbocycles. The van der Waals surface area contributed by atoms with E-state index >= 15 is 0 Å². The molecule has 1 rings (SSSR count). The summed E-state index contributed by atoms with van der Waals surface area (Å²) in [4.78, 5) is 0. The molecule has 2 atom stereocenters. The molecule has 0 saturated heterocycles. The molecular formula is C8H13NaO2S. The van der Waals surface area contributed by atoms with E-state index in [1.165, 1.54) is 12.8 Å². The molecule has 0 bridgehead atoms. The molecule has 2 nitrogen and oxygen atoms in total. The van der Waals surface area contributed by atoms with Crippen LogP contribution in [-0.2, 0) is 11.1 Å². The first-order valence-corrected chi connectivity index (χ1v) is 5.15. The van der Waals surface area contributed by atoms with E-state index in [0.717, 1.165) is 6.42 Å². The summed E-state index contributed by atoms with van der Waals surface area (Å²) in [5.41, 5.74) is 0. The quantitative estimate of drug-likeness (QED) is 0.304. The van der Waals surface area contributed by atoms with E-state index in [1.54, 1.807) is 0 Å². The van der Waals surface area contributed by atoms with Gasteiger partial charge in [-0.15, -0.1) is 6.58 Å². The number of hydrogen-bond donors (Lipinski definition) is 0. The first-order valence-electron chi connectivity index (χ1n) is 3.90. The molecule has 0 spiro atoms. The van der Waals surface area contributed by atoms with Crippen molar-refractivity contribution in [3.63, 3.8) is 0 Å². The minimum Gasteiger partial charge on any atom is -0.772 e. The monoisotopic (exact) mass is 196 g/mol. The van der Waals surface area contributed by atoms with Crippen LogP contribution in [0.25, 0.3) is 0 Å². The molecule has 0 aromatic heterocycles. The number of hydrogen-bond acceptors (Lipinski definition) is 2. The summed E-state index contributed by atoms with van der Waals surface area (Å²) in [6.07, 6.45) is 5.07. The zero-order valence-corrected chi connectivity index (χ0v) is 10.3. The van der Waals surface area contributed by atoms with Crippen molar-refractivity contribution in [1.29, 1.82) is 0 Å². The Morgan fingerprint density at radius 3 is 2.58 bits per heavy atom. The topological polar surface area (TPSA) is 40.1 Å². The Bertz CT molecular complexity index is 168. The third-order valence-electron chi connectivity index (χ3n) is 2.11. The van der Waals surface area contributed by atoms with E-state index in [2.05, 4.69) is 6.58 Å². The van der Waals surface area contributed by atoms with Gasteiger partial charge >= 0.3 is 29.6 Å². The normalized spacial score (nSPS) is 20.8. The van der Waals surface area contributed by atoms with Gasteiger partial charge in [-0.25, -0.2) is 0 Å². The third kappa shape index (κ3) is 4.77. The van der Waals surface area contributed by atoms with Crippen LogP contribution in [0, 0.1) is 11.8 Å². The molecule has 0 aromatic rings. The van der Waals surface area contributed by atoms with E-state index in [9.17, 15) is 8.76 Å². The number of allylic oxidation sites excluding steroid dienone is 1. The van der Waals surface area contributed by atoms with Crippen LogP contribution < -0.4 is 29.6 Å². The van der Waals surface area contributed by atoms with Crippen molar-refractivity contribution >= 4 is 11.1 Å². The molecule has 64 valence electrons. The Labute approximate surface area is 98.4 Å². The van der Waals surface area contributed by atoms with Gasteiger partial charge in [0.25, 0.3) is 0 Å². The van der Waals surface area contributed by atoms with Gasteiger partial charge < -0.3 is 4.55 Å². The van der Waals surface area contributed by atoms with Crippen LogP contribution in [0.5, 0.6) is 0 Å². The van der Waals surface area contributed by atoms with E-state index in [4.69, 9.17) is 0 Å². The molecule has 0 aliphatic heterocycles.